The molecule has 58 heavy (non-hydrogen) atoms. The second kappa shape index (κ2) is 42.6. The molecule has 0 heterocycles. The highest BCUT2D eigenvalue weighted by molar-refractivity contribution is 8.77. The zero-order valence-corrected chi connectivity index (χ0v) is 38.5. The van der Waals surface area contributed by atoms with Gasteiger partial charge in [-0.2, -0.15) is 27.0 Å². The Labute approximate surface area is 377 Å². The van der Waals surface area contributed by atoms with Crippen molar-refractivity contribution in [1.82, 2.24) is 0 Å². The minimum Gasteiger partial charge on any atom is -0.480 e. The van der Waals surface area contributed by atoms with Crippen LogP contribution in [0.4, 0.5) is 0 Å². The molecule has 0 radical (unpaired) electrons. The average Bonchev–Trinajstić information content (AvgIpc) is 3.11. The molecule has 0 spiro atoms. The maximum absolute atomic E-state index is 10.3. The van der Waals surface area contributed by atoms with E-state index in [1.165, 1.54) is 86.4 Å². The molecular weight excluding hydrogens is 977 g/mol. The highest BCUT2D eigenvalue weighted by Crippen LogP contribution is 2.24. The van der Waals surface area contributed by atoms with Crippen molar-refractivity contribution in [2.24, 2.45) is 45.9 Å². The number of hydrogen-bond donors (Lipinski definition) is 16. The van der Waals surface area contributed by atoms with Crippen molar-refractivity contribution in [3.8, 4) is 0 Å². The Morgan fingerprint density at radius 1 is 0.259 bits per heavy atom. The van der Waals surface area contributed by atoms with Gasteiger partial charge in [-0.1, -0.05) is 86.4 Å². The molecule has 0 aromatic carbocycles. The Morgan fingerprint density at radius 3 is 0.379 bits per heavy atom. The third-order valence-electron chi connectivity index (χ3n) is 4.85. The predicted octanol–water partition coefficient (Wildman–Crippen LogP) is -3.01. The standard InChI is InChI=1S/4C6H12N2O4S2.2H2S/c4*7-3(5(9)10)1-13-14-2-4(8)6(11)12;;/h4*3-4H,1-2,7-8H2,(H,9,10)(H,11,12);2*1H2. The van der Waals surface area contributed by atoms with Gasteiger partial charge >= 0.3 is 47.8 Å². The van der Waals surface area contributed by atoms with Crippen molar-refractivity contribution in [2.75, 3.05) is 46.0 Å². The summed E-state index contributed by atoms with van der Waals surface area (Å²) in [7, 11) is 9.62. The highest BCUT2D eigenvalue weighted by atomic mass is 33.1. The molecule has 0 rings (SSSR count). The first kappa shape index (κ1) is 68.7. The van der Waals surface area contributed by atoms with Crippen LogP contribution in [0.25, 0.3) is 0 Å². The van der Waals surface area contributed by atoms with E-state index in [-0.39, 0.29) is 73.0 Å². The first-order valence-corrected chi connectivity index (χ1v) is 24.6. The molecule has 0 amide bonds. The van der Waals surface area contributed by atoms with Gasteiger partial charge in [0.05, 0.1) is 0 Å². The summed E-state index contributed by atoms with van der Waals surface area (Å²) in [5, 5.41) is 67.3. The fourth-order valence-corrected chi connectivity index (χ4v) is 10.5. The zero-order valence-electron chi connectivity index (χ0n) is 30.0. The van der Waals surface area contributed by atoms with Crippen molar-refractivity contribution < 1.29 is 79.2 Å². The number of rotatable bonds is 28. The Bertz CT molecular complexity index is 949. The van der Waals surface area contributed by atoms with Gasteiger partial charge in [-0.3, -0.25) is 38.4 Å². The van der Waals surface area contributed by atoms with Crippen LogP contribution in [0, 0.1) is 0 Å². The molecule has 8 atom stereocenters. The second-order valence-electron chi connectivity index (χ2n) is 9.83. The molecule has 0 aliphatic rings. The zero-order chi connectivity index (χ0) is 44.6. The minimum atomic E-state index is -1.07. The Kier molecular flexibility index (Phi) is 50.5. The van der Waals surface area contributed by atoms with Crippen LogP contribution in [0.2, 0.25) is 0 Å². The summed E-state index contributed by atoms with van der Waals surface area (Å²) in [4.78, 5) is 82.2. The summed E-state index contributed by atoms with van der Waals surface area (Å²) in [5.74, 6) is -6.72. The molecule has 0 saturated heterocycles. The van der Waals surface area contributed by atoms with Gasteiger partial charge in [0, 0.05) is 46.0 Å². The van der Waals surface area contributed by atoms with Gasteiger partial charge in [-0.05, 0) is 0 Å². The number of aliphatic carboxylic acids is 8. The Balaban J connectivity index is -0.000000154. The lowest BCUT2D eigenvalue weighted by Crippen LogP contribution is -2.33. The van der Waals surface area contributed by atoms with Crippen molar-refractivity contribution in [1.29, 1.82) is 0 Å². The maximum atomic E-state index is 10.3. The van der Waals surface area contributed by atoms with Crippen molar-refractivity contribution in [2.45, 2.75) is 48.3 Å². The topological polar surface area (TPSA) is 507 Å². The first-order chi connectivity index (χ1) is 25.8. The van der Waals surface area contributed by atoms with Gasteiger partial charge in [0.25, 0.3) is 0 Å². The summed E-state index contributed by atoms with van der Waals surface area (Å²) in [6.45, 7) is 0. The predicted molar refractivity (Wildman–Crippen MR) is 245 cm³/mol. The van der Waals surface area contributed by atoms with Crippen LogP contribution in [0.3, 0.4) is 0 Å². The molecule has 0 saturated carbocycles. The van der Waals surface area contributed by atoms with Crippen LogP contribution >= 0.6 is 113 Å². The molecular formula is C24H52N8O16S10. The molecule has 0 aliphatic carbocycles. The van der Waals surface area contributed by atoms with Crippen LogP contribution in [-0.2, 0) is 38.4 Å². The van der Waals surface area contributed by atoms with Crippen molar-refractivity contribution in [3.05, 3.63) is 0 Å². The van der Waals surface area contributed by atoms with E-state index in [1.54, 1.807) is 0 Å². The molecule has 8 unspecified atom stereocenters. The number of hydrogen-bond acceptors (Lipinski definition) is 24. The fourth-order valence-electron chi connectivity index (χ4n) is 1.54. The van der Waals surface area contributed by atoms with Crippen LogP contribution in [0.5, 0.6) is 0 Å². The minimum absolute atomic E-state index is 0. The normalized spacial score (nSPS) is 14.2. The summed E-state index contributed by atoms with van der Waals surface area (Å²) in [6.07, 6.45) is 0. The molecule has 24 N–H and O–H groups in total. The molecule has 0 fully saturated rings. The van der Waals surface area contributed by atoms with Crippen LogP contribution < -0.4 is 45.9 Å². The highest BCUT2D eigenvalue weighted by Gasteiger charge is 2.17. The summed E-state index contributed by atoms with van der Waals surface area (Å²) < 4.78 is 0. The van der Waals surface area contributed by atoms with Gasteiger partial charge < -0.3 is 86.7 Å². The van der Waals surface area contributed by atoms with E-state index in [2.05, 4.69) is 0 Å². The number of carboxylic acid groups (broad SMARTS) is 8. The third-order valence-corrected chi connectivity index (χ3v) is 14.7. The van der Waals surface area contributed by atoms with Crippen LogP contribution in [-0.4, -0.2) is 183 Å². The van der Waals surface area contributed by atoms with E-state index in [0.717, 1.165) is 0 Å². The average molecular weight is 1030 g/mol. The largest absolute Gasteiger partial charge is 0.480 e. The summed E-state index contributed by atoms with van der Waals surface area (Å²) in [6, 6.07) is -7.38. The van der Waals surface area contributed by atoms with Crippen molar-refractivity contribution >= 4 is 161 Å². The number of nitrogens with two attached hydrogens (primary N) is 8. The lowest BCUT2D eigenvalue weighted by atomic mass is 10.4. The van der Waals surface area contributed by atoms with Crippen LogP contribution in [0.1, 0.15) is 0 Å². The molecule has 34 heteroatoms. The van der Waals surface area contributed by atoms with E-state index < -0.39 is 96.1 Å². The maximum Gasteiger partial charge on any atom is 0.321 e. The molecule has 0 aromatic heterocycles. The second-order valence-corrected chi connectivity index (χ2v) is 20.0. The molecule has 24 nitrogen and oxygen atoms in total. The van der Waals surface area contributed by atoms with Crippen molar-refractivity contribution in [3.63, 3.8) is 0 Å². The third kappa shape index (κ3) is 46.0. The summed E-state index contributed by atoms with van der Waals surface area (Å²) in [5.41, 5.74) is 41.7. The lowest BCUT2D eigenvalue weighted by molar-refractivity contribution is -0.138. The lowest BCUT2D eigenvalue weighted by Gasteiger charge is -2.07. The van der Waals surface area contributed by atoms with Gasteiger partial charge in [0.2, 0.25) is 0 Å². The van der Waals surface area contributed by atoms with Gasteiger partial charge in [-0.15, -0.1) is 0 Å². The fraction of sp³-hybridized carbons (Fsp3) is 0.667. The quantitative estimate of drug-likeness (QED) is 0.0274. The SMILES string of the molecule is NC(CSSCC(N)C(=O)O)C(=O)O.NC(CSSCC(N)C(=O)O)C(=O)O.NC(CSSCC(N)C(=O)O)C(=O)O.NC(CSSCC(N)C(=O)O)C(=O)O.S.S. The van der Waals surface area contributed by atoms with E-state index >= 15 is 0 Å². The molecule has 344 valence electrons. The van der Waals surface area contributed by atoms with E-state index in [1.807, 2.05) is 0 Å². The number of carbonyl (C=O) groups is 8. The Hall–Kier alpha value is -1.06. The van der Waals surface area contributed by atoms with E-state index in [4.69, 9.17) is 86.7 Å². The van der Waals surface area contributed by atoms with Gasteiger partial charge in [0.15, 0.2) is 0 Å². The van der Waals surface area contributed by atoms with E-state index in [0.29, 0.717) is 0 Å². The van der Waals surface area contributed by atoms with Crippen LogP contribution in [0.15, 0.2) is 0 Å². The summed E-state index contributed by atoms with van der Waals surface area (Å²) >= 11 is 0. The van der Waals surface area contributed by atoms with Gasteiger partial charge in [-0.25, -0.2) is 0 Å². The molecule has 0 bridgehead atoms. The Morgan fingerprint density at radius 2 is 0.328 bits per heavy atom. The smallest absolute Gasteiger partial charge is 0.321 e. The first-order valence-electron chi connectivity index (χ1n) is 14.6. The molecule has 0 aromatic rings. The molecule has 0 aliphatic heterocycles. The van der Waals surface area contributed by atoms with Gasteiger partial charge in [0.1, 0.15) is 48.3 Å². The monoisotopic (exact) mass is 1030 g/mol. The van der Waals surface area contributed by atoms with E-state index in [9.17, 15) is 38.4 Å². The number of carboxylic acids is 8.